The van der Waals surface area contributed by atoms with Crippen LogP contribution >= 0.6 is 0 Å². The number of fused-ring (bicyclic) bond motifs is 1. The third-order valence-electron chi connectivity index (χ3n) is 3.29. The van der Waals surface area contributed by atoms with Crippen molar-refractivity contribution >= 4 is 11.2 Å². The van der Waals surface area contributed by atoms with Gasteiger partial charge in [0.25, 0.3) is 5.56 Å². The molecule has 110 valence electrons. The van der Waals surface area contributed by atoms with E-state index in [1.54, 1.807) is 18.6 Å². The average Bonchev–Trinajstić information content (AvgIpc) is 2.74. The maximum atomic E-state index is 12.3. The molecule has 8 heteroatoms. The first-order chi connectivity index (χ1) is 9.52. The minimum atomic E-state index is -0.392. The van der Waals surface area contributed by atoms with E-state index in [-0.39, 0.29) is 5.56 Å². The minimum absolute atomic E-state index is 0.346. The monoisotopic (exact) mass is 281 g/mol. The average molecular weight is 281 g/mol. The van der Waals surface area contributed by atoms with E-state index in [1.165, 1.54) is 11.6 Å². The molecule has 0 fully saturated rings. The Kier molecular flexibility index (Phi) is 4.05. The molecule has 0 radical (unpaired) electrons. The first-order valence-corrected chi connectivity index (χ1v) is 6.38. The number of hydrogen-bond acceptors (Lipinski definition) is 5. The van der Waals surface area contributed by atoms with Crippen molar-refractivity contribution in [3.05, 3.63) is 26.7 Å². The van der Waals surface area contributed by atoms with E-state index in [1.807, 2.05) is 0 Å². The van der Waals surface area contributed by atoms with Gasteiger partial charge in [0.1, 0.15) is 5.82 Å². The number of hydrogen-bond donors (Lipinski definition) is 1. The van der Waals surface area contributed by atoms with Crippen LogP contribution in [0.15, 0.2) is 9.59 Å². The summed E-state index contributed by atoms with van der Waals surface area (Å²) in [4.78, 5) is 28.8. The number of methoxy groups -OCH3 is 1. The zero-order valence-electron chi connectivity index (χ0n) is 11.9. The van der Waals surface area contributed by atoms with Crippen LogP contribution in [0.1, 0.15) is 5.82 Å². The smallest absolute Gasteiger partial charge is 0.332 e. The summed E-state index contributed by atoms with van der Waals surface area (Å²) in [5, 5.41) is 0. The number of rotatable bonds is 5. The zero-order valence-corrected chi connectivity index (χ0v) is 11.9. The standard InChI is InChI=1S/C12H19N5O3/c1-8-14-10-9(16(8)5-4-13)11(18)15(2)12(19)17(10)6-7-20-3/h4-7,13H2,1-3H3. The van der Waals surface area contributed by atoms with Gasteiger partial charge in [-0.15, -0.1) is 0 Å². The van der Waals surface area contributed by atoms with Gasteiger partial charge in [0.05, 0.1) is 13.2 Å². The lowest BCUT2D eigenvalue weighted by Gasteiger charge is -2.09. The van der Waals surface area contributed by atoms with Gasteiger partial charge in [0.15, 0.2) is 11.2 Å². The van der Waals surface area contributed by atoms with Gasteiger partial charge < -0.3 is 15.0 Å². The molecule has 0 saturated carbocycles. The van der Waals surface area contributed by atoms with E-state index >= 15 is 0 Å². The number of nitrogens with two attached hydrogens (primary N) is 1. The largest absolute Gasteiger partial charge is 0.383 e. The highest BCUT2D eigenvalue weighted by Gasteiger charge is 2.18. The second kappa shape index (κ2) is 5.59. The highest BCUT2D eigenvalue weighted by Crippen LogP contribution is 2.10. The maximum Gasteiger partial charge on any atom is 0.332 e. The Balaban J connectivity index is 2.83. The van der Waals surface area contributed by atoms with Crippen molar-refractivity contribution in [1.82, 2.24) is 18.7 Å². The lowest BCUT2D eigenvalue weighted by atomic mass is 10.4. The Hall–Kier alpha value is -1.93. The van der Waals surface area contributed by atoms with Gasteiger partial charge in [-0.05, 0) is 6.92 Å². The van der Waals surface area contributed by atoms with Crippen LogP contribution in [-0.2, 0) is 24.9 Å². The SMILES string of the molecule is COCCn1c(=O)n(C)c(=O)c2c1nc(C)n2CCN. The molecular weight excluding hydrogens is 262 g/mol. The molecule has 2 heterocycles. The Labute approximate surface area is 115 Å². The molecule has 0 spiro atoms. The van der Waals surface area contributed by atoms with Crippen molar-refractivity contribution in [1.29, 1.82) is 0 Å². The van der Waals surface area contributed by atoms with E-state index < -0.39 is 5.69 Å². The van der Waals surface area contributed by atoms with Crippen LogP contribution in [0.5, 0.6) is 0 Å². The normalized spacial score (nSPS) is 11.4. The lowest BCUT2D eigenvalue weighted by Crippen LogP contribution is -2.39. The molecular formula is C12H19N5O3. The topological polar surface area (TPSA) is 97.1 Å². The second-order valence-corrected chi connectivity index (χ2v) is 4.56. The van der Waals surface area contributed by atoms with Crippen molar-refractivity contribution in [3.8, 4) is 0 Å². The predicted octanol–water partition coefficient (Wildman–Crippen LogP) is -1.19. The first kappa shape index (κ1) is 14.5. The molecule has 0 atom stereocenters. The Bertz CT molecular complexity index is 740. The van der Waals surface area contributed by atoms with Crippen molar-refractivity contribution in [2.24, 2.45) is 12.8 Å². The number of ether oxygens (including phenoxy) is 1. The van der Waals surface area contributed by atoms with Gasteiger partial charge in [-0.3, -0.25) is 13.9 Å². The molecule has 2 aromatic heterocycles. The first-order valence-electron chi connectivity index (χ1n) is 6.38. The van der Waals surface area contributed by atoms with Crippen molar-refractivity contribution in [3.63, 3.8) is 0 Å². The third kappa shape index (κ3) is 2.16. The van der Waals surface area contributed by atoms with Gasteiger partial charge in [-0.1, -0.05) is 0 Å². The molecule has 0 aliphatic rings. The number of aryl methyl sites for hydroxylation is 1. The van der Waals surface area contributed by atoms with Crippen LogP contribution in [-0.4, -0.2) is 38.9 Å². The number of nitrogens with zero attached hydrogens (tertiary/aromatic N) is 4. The molecule has 20 heavy (non-hydrogen) atoms. The Morgan fingerprint density at radius 2 is 1.95 bits per heavy atom. The van der Waals surface area contributed by atoms with Crippen LogP contribution in [0, 0.1) is 6.92 Å². The quantitative estimate of drug-likeness (QED) is 0.743. The third-order valence-corrected chi connectivity index (χ3v) is 3.29. The molecule has 0 unspecified atom stereocenters. The lowest BCUT2D eigenvalue weighted by molar-refractivity contribution is 0.186. The van der Waals surface area contributed by atoms with Crippen LogP contribution < -0.4 is 17.0 Å². The minimum Gasteiger partial charge on any atom is -0.383 e. The van der Waals surface area contributed by atoms with Crippen LogP contribution in [0.3, 0.4) is 0 Å². The highest BCUT2D eigenvalue weighted by molar-refractivity contribution is 5.71. The number of aromatic nitrogens is 4. The summed E-state index contributed by atoms with van der Waals surface area (Å²) in [6, 6.07) is 0. The van der Waals surface area contributed by atoms with Crippen molar-refractivity contribution in [2.75, 3.05) is 20.3 Å². The summed E-state index contributed by atoms with van der Waals surface area (Å²) in [5.74, 6) is 0.666. The molecule has 0 aromatic carbocycles. The molecule has 2 N–H and O–H groups in total. The van der Waals surface area contributed by atoms with Gasteiger partial charge in [-0.2, -0.15) is 0 Å². The van der Waals surface area contributed by atoms with Gasteiger partial charge in [-0.25, -0.2) is 9.78 Å². The molecule has 8 nitrogen and oxygen atoms in total. The molecule has 0 saturated heterocycles. The molecule has 2 rings (SSSR count). The summed E-state index contributed by atoms with van der Waals surface area (Å²) < 4.78 is 9.30. The highest BCUT2D eigenvalue weighted by atomic mass is 16.5. The van der Waals surface area contributed by atoms with E-state index in [0.29, 0.717) is 43.2 Å². The maximum absolute atomic E-state index is 12.3. The summed E-state index contributed by atoms with van der Waals surface area (Å²) >= 11 is 0. The fourth-order valence-electron chi connectivity index (χ4n) is 2.25. The fraction of sp³-hybridized carbons (Fsp3) is 0.583. The predicted molar refractivity (Wildman–Crippen MR) is 74.9 cm³/mol. The van der Waals surface area contributed by atoms with E-state index in [2.05, 4.69) is 4.98 Å². The second-order valence-electron chi connectivity index (χ2n) is 4.56. The summed E-state index contributed by atoms with van der Waals surface area (Å²) in [7, 11) is 3.02. The summed E-state index contributed by atoms with van der Waals surface area (Å²) in [6.07, 6.45) is 0. The van der Waals surface area contributed by atoms with E-state index in [4.69, 9.17) is 10.5 Å². The molecule has 0 aliphatic carbocycles. The molecule has 0 amide bonds. The Morgan fingerprint density at radius 3 is 2.55 bits per heavy atom. The van der Waals surface area contributed by atoms with Crippen molar-refractivity contribution < 1.29 is 4.74 Å². The van der Waals surface area contributed by atoms with Crippen LogP contribution in [0.25, 0.3) is 11.2 Å². The summed E-state index contributed by atoms with van der Waals surface area (Å²) in [5.41, 5.74) is 5.62. The Morgan fingerprint density at radius 1 is 1.25 bits per heavy atom. The number of imidazole rings is 1. The van der Waals surface area contributed by atoms with E-state index in [0.717, 1.165) is 4.57 Å². The van der Waals surface area contributed by atoms with Gasteiger partial charge >= 0.3 is 5.69 Å². The van der Waals surface area contributed by atoms with E-state index in [9.17, 15) is 9.59 Å². The fourth-order valence-corrected chi connectivity index (χ4v) is 2.25. The van der Waals surface area contributed by atoms with Crippen LogP contribution in [0.4, 0.5) is 0 Å². The zero-order chi connectivity index (χ0) is 14.9. The van der Waals surface area contributed by atoms with Gasteiger partial charge in [0.2, 0.25) is 0 Å². The summed E-state index contributed by atoms with van der Waals surface area (Å²) in [6.45, 7) is 3.39. The van der Waals surface area contributed by atoms with Crippen LogP contribution in [0.2, 0.25) is 0 Å². The molecule has 0 bridgehead atoms. The molecule has 0 aliphatic heterocycles. The van der Waals surface area contributed by atoms with Gasteiger partial charge in [0, 0.05) is 27.2 Å². The molecule has 2 aromatic rings. The van der Waals surface area contributed by atoms with Crippen molar-refractivity contribution in [2.45, 2.75) is 20.0 Å².